The lowest BCUT2D eigenvalue weighted by atomic mass is 10.1. The van der Waals surface area contributed by atoms with Crippen molar-refractivity contribution in [1.82, 2.24) is 14.7 Å². The van der Waals surface area contributed by atoms with Crippen LogP contribution in [0.4, 0.5) is 10.5 Å². The summed E-state index contributed by atoms with van der Waals surface area (Å²) in [6.07, 6.45) is 0.788. The molecule has 6 heteroatoms. The van der Waals surface area contributed by atoms with Crippen LogP contribution in [0.25, 0.3) is 0 Å². The molecule has 1 heterocycles. The number of anilines is 1. The number of urea groups is 1. The molecule has 0 aliphatic carbocycles. The van der Waals surface area contributed by atoms with Crippen molar-refractivity contribution in [2.75, 3.05) is 18.9 Å². The Morgan fingerprint density at radius 2 is 1.95 bits per heavy atom. The van der Waals surface area contributed by atoms with Crippen LogP contribution in [-0.2, 0) is 13.5 Å². The maximum Gasteiger partial charge on any atom is 0.321 e. The SMILES string of the molecule is Cc1nn(C)c(C)c1CCN(C)C(=O)Nc1ccc(Cl)cc1. The molecule has 0 atom stereocenters. The minimum Gasteiger partial charge on any atom is -0.327 e. The van der Waals surface area contributed by atoms with Gasteiger partial charge in [0.2, 0.25) is 0 Å². The molecule has 0 saturated heterocycles. The molecule has 2 rings (SSSR count). The van der Waals surface area contributed by atoms with Gasteiger partial charge in [-0.15, -0.1) is 0 Å². The third kappa shape index (κ3) is 3.80. The van der Waals surface area contributed by atoms with Crippen molar-refractivity contribution in [3.63, 3.8) is 0 Å². The van der Waals surface area contributed by atoms with Gasteiger partial charge in [0.05, 0.1) is 5.69 Å². The van der Waals surface area contributed by atoms with E-state index in [1.165, 1.54) is 5.56 Å². The smallest absolute Gasteiger partial charge is 0.321 e. The lowest BCUT2D eigenvalue weighted by molar-refractivity contribution is 0.223. The van der Waals surface area contributed by atoms with Gasteiger partial charge >= 0.3 is 6.03 Å². The van der Waals surface area contributed by atoms with E-state index in [1.807, 2.05) is 25.6 Å². The maximum atomic E-state index is 12.2. The minimum atomic E-state index is -0.137. The monoisotopic (exact) mass is 320 g/mol. The van der Waals surface area contributed by atoms with E-state index in [0.29, 0.717) is 11.6 Å². The quantitative estimate of drug-likeness (QED) is 0.938. The van der Waals surface area contributed by atoms with Crippen LogP contribution in [0.5, 0.6) is 0 Å². The highest BCUT2D eigenvalue weighted by atomic mass is 35.5. The van der Waals surface area contributed by atoms with Crippen LogP contribution in [0.15, 0.2) is 24.3 Å². The molecule has 0 spiro atoms. The number of carbonyl (C=O) groups excluding carboxylic acids is 1. The second kappa shape index (κ2) is 6.83. The summed E-state index contributed by atoms with van der Waals surface area (Å²) in [4.78, 5) is 13.8. The molecule has 2 amide bonds. The molecule has 22 heavy (non-hydrogen) atoms. The van der Waals surface area contributed by atoms with Gasteiger partial charge in [-0.25, -0.2) is 4.79 Å². The fourth-order valence-electron chi connectivity index (χ4n) is 2.31. The molecule has 5 nitrogen and oxygen atoms in total. The first-order valence-electron chi connectivity index (χ1n) is 7.15. The van der Waals surface area contributed by atoms with Crippen molar-refractivity contribution in [2.24, 2.45) is 7.05 Å². The molecule has 1 N–H and O–H groups in total. The Kier molecular flexibility index (Phi) is 5.08. The molecule has 0 aliphatic rings. The Labute approximate surface area is 135 Å². The van der Waals surface area contributed by atoms with Gasteiger partial charge in [-0.1, -0.05) is 11.6 Å². The summed E-state index contributed by atoms with van der Waals surface area (Å²) in [6.45, 7) is 4.67. The van der Waals surface area contributed by atoms with Crippen molar-refractivity contribution in [2.45, 2.75) is 20.3 Å². The van der Waals surface area contributed by atoms with Crippen LogP contribution in [0.1, 0.15) is 17.0 Å². The number of likely N-dealkylation sites (N-methyl/N-ethyl adjacent to an activating group) is 1. The Balaban J connectivity index is 1.92. The lowest BCUT2D eigenvalue weighted by Crippen LogP contribution is -2.33. The van der Waals surface area contributed by atoms with Crippen LogP contribution >= 0.6 is 11.6 Å². The average Bonchev–Trinajstić information content (AvgIpc) is 2.72. The second-order valence-electron chi connectivity index (χ2n) is 5.38. The zero-order valence-electron chi connectivity index (χ0n) is 13.4. The van der Waals surface area contributed by atoms with Gasteiger partial charge in [-0.3, -0.25) is 4.68 Å². The largest absolute Gasteiger partial charge is 0.327 e. The normalized spacial score (nSPS) is 10.6. The lowest BCUT2D eigenvalue weighted by Gasteiger charge is -2.18. The Hall–Kier alpha value is -2.01. The summed E-state index contributed by atoms with van der Waals surface area (Å²) < 4.78 is 1.87. The topological polar surface area (TPSA) is 50.2 Å². The molecule has 0 saturated carbocycles. The highest BCUT2D eigenvalue weighted by Gasteiger charge is 2.13. The van der Waals surface area contributed by atoms with E-state index < -0.39 is 0 Å². The van der Waals surface area contributed by atoms with Crippen LogP contribution in [0.2, 0.25) is 5.02 Å². The molecule has 118 valence electrons. The summed E-state index contributed by atoms with van der Waals surface area (Å²) in [7, 11) is 3.72. The fourth-order valence-corrected chi connectivity index (χ4v) is 2.44. The summed E-state index contributed by atoms with van der Waals surface area (Å²) in [5.41, 5.74) is 4.10. The van der Waals surface area contributed by atoms with Gasteiger partial charge in [0.25, 0.3) is 0 Å². The fraction of sp³-hybridized carbons (Fsp3) is 0.375. The number of aromatic nitrogens is 2. The predicted molar refractivity (Wildman–Crippen MR) is 89.5 cm³/mol. The number of aryl methyl sites for hydroxylation is 2. The molecular weight excluding hydrogens is 300 g/mol. The van der Waals surface area contributed by atoms with Gasteiger partial charge in [0, 0.05) is 37.0 Å². The van der Waals surface area contributed by atoms with Gasteiger partial charge in [-0.2, -0.15) is 5.10 Å². The van der Waals surface area contributed by atoms with Crippen LogP contribution in [-0.4, -0.2) is 34.3 Å². The number of halogens is 1. The summed E-state index contributed by atoms with van der Waals surface area (Å²) in [6, 6.07) is 6.92. The highest BCUT2D eigenvalue weighted by Crippen LogP contribution is 2.15. The Morgan fingerprint density at radius 1 is 1.32 bits per heavy atom. The maximum absolute atomic E-state index is 12.2. The van der Waals surface area contributed by atoms with E-state index >= 15 is 0 Å². The van der Waals surface area contributed by atoms with Crippen molar-refractivity contribution in [1.29, 1.82) is 0 Å². The number of benzene rings is 1. The van der Waals surface area contributed by atoms with Gasteiger partial charge in [-0.05, 0) is 50.1 Å². The third-order valence-corrected chi connectivity index (χ3v) is 4.05. The van der Waals surface area contributed by atoms with Crippen molar-refractivity contribution in [3.8, 4) is 0 Å². The first-order valence-corrected chi connectivity index (χ1v) is 7.53. The van der Waals surface area contributed by atoms with Crippen molar-refractivity contribution in [3.05, 3.63) is 46.2 Å². The number of nitrogens with one attached hydrogen (secondary N) is 1. The predicted octanol–water partition coefficient (Wildman–Crippen LogP) is 3.40. The standard InChI is InChI=1S/C16H21ClN4O/c1-11-15(12(2)21(4)19-11)9-10-20(3)16(22)18-14-7-5-13(17)6-8-14/h5-8H,9-10H2,1-4H3,(H,18,22). The van der Waals surface area contributed by atoms with Crippen LogP contribution < -0.4 is 5.32 Å². The van der Waals surface area contributed by atoms with Gasteiger partial charge in [0.1, 0.15) is 0 Å². The molecule has 0 unspecified atom stereocenters. The molecule has 1 aromatic carbocycles. The number of carbonyl (C=O) groups is 1. The molecule has 0 bridgehead atoms. The highest BCUT2D eigenvalue weighted by molar-refractivity contribution is 6.30. The van der Waals surface area contributed by atoms with Crippen molar-refractivity contribution < 1.29 is 4.79 Å². The Morgan fingerprint density at radius 3 is 2.50 bits per heavy atom. The van der Waals surface area contributed by atoms with Crippen LogP contribution in [0, 0.1) is 13.8 Å². The van der Waals surface area contributed by atoms with Gasteiger partial charge in [0.15, 0.2) is 0 Å². The van der Waals surface area contributed by atoms with E-state index in [2.05, 4.69) is 10.4 Å². The molecule has 2 aromatic rings. The molecule has 0 fully saturated rings. The van der Waals surface area contributed by atoms with E-state index in [1.54, 1.807) is 36.2 Å². The molecule has 0 radical (unpaired) electrons. The summed E-state index contributed by atoms with van der Waals surface area (Å²) in [5.74, 6) is 0. The van der Waals surface area contributed by atoms with Crippen molar-refractivity contribution >= 4 is 23.3 Å². The number of rotatable bonds is 4. The minimum absolute atomic E-state index is 0.137. The Bertz CT molecular complexity index is 664. The second-order valence-corrected chi connectivity index (χ2v) is 5.82. The van der Waals surface area contributed by atoms with Crippen LogP contribution in [0.3, 0.4) is 0 Å². The third-order valence-electron chi connectivity index (χ3n) is 3.80. The van der Waals surface area contributed by atoms with Gasteiger partial charge < -0.3 is 10.2 Å². The zero-order valence-corrected chi connectivity index (χ0v) is 14.1. The number of hydrogen-bond acceptors (Lipinski definition) is 2. The molecular formula is C16H21ClN4O. The number of nitrogens with zero attached hydrogens (tertiary/aromatic N) is 3. The first kappa shape index (κ1) is 16.4. The number of hydrogen-bond donors (Lipinski definition) is 1. The zero-order chi connectivity index (χ0) is 16.3. The molecule has 1 aromatic heterocycles. The van der Waals surface area contributed by atoms with E-state index in [4.69, 9.17) is 11.6 Å². The van der Waals surface area contributed by atoms with E-state index in [9.17, 15) is 4.79 Å². The van der Waals surface area contributed by atoms with E-state index in [-0.39, 0.29) is 6.03 Å². The van der Waals surface area contributed by atoms with E-state index in [0.717, 1.165) is 23.5 Å². The average molecular weight is 321 g/mol. The summed E-state index contributed by atoms with van der Waals surface area (Å²) >= 11 is 5.83. The number of amides is 2. The molecule has 0 aliphatic heterocycles. The first-order chi connectivity index (χ1) is 10.4. The summed E-state index contributed by atoms with van der Waals surface area (Å²) in [5, 5.41) is 7.89.